The highest BCUT2D eigenvalue weighted by Gasteiger charge is 2.34. The zero-order chi connectivity index (χ0) is 51.4. The summed E-state index contributed by atoms with van der Waals surface area (Å²) >= 11 is 0. The number of hydrogen-bond acceptors (Lipinski definition) is 19. The quantitative estimate of drug-likeness (QED) is 0.0385. The second-order valence-electron chi connectivity index (χ2n) is 19.2. The summed E-state index contributed by atoms with van der Waals surface area (Å²) in [5, 5.41) is 30.8. The molecule has 8 N–H and O–H groups in total. The molecule has 0 unspecified atom stereocenters. The smallest absolute Gasteiger partial charge is 0.247 e. The zero-order valence-electron chi connectivity index (χ0n) is 42.6. The number of terminal acetylenes is 1. The van der Waals surface area contributed by atoms with Gasteiger partial charge in [-0.15, -0.1) is 16.6 Å². The Morgan fingerprint density at radius 1 is 0.708 bits per heavy atom. The lowest BCUT2D eigenvalue weighted by Crippen LogP contribution is -2.52. The van der Waals surface area contributed by atoms with Gasteiger partial charge in [-0.05, 0) is 68.2 Å². The molecule has 4 atom stereocenters. The highest BCUT2D eigenvalue weighted by Crippen LogP contribution is 2.26. The van der Waals surface area contributed by atoms with Crippen LogP contribution in [0.3, 0.4) is 0 Å². The van der Waals surface area contributed by atoms with Crippen LogP contribution in [0.4, 0.5) is 17.8 Å². The standard InChI is InChI=1S/C49H77N17O6/c1-6-24-70-26-28-72-29-27-71-25-15-53-47-54-48(63-20-16-61(17-21-63)45(68)43(9-7-8-14-50)65-33-41(57-59-65)39(51)30-35(2)3)56-49(55-47)64-22-18-62(19-23-64)46(69)44(32-37-10-12-38(67)13-11-37)66-34-42(58-60-66)40(52)31-36(4)5/h1,10-13,33-36,39-40,43-44,67H,7-9,14-32,50-52H2,2-5H3,(H,53,54,55,56)/t39-,40-,43-,44-/m0/s1. The summed E-state index contributed by atoms with van der Waals surface area (Å²) in [6.45, 7) is 15.2. The molecule has 2 saturated heterocycles. The van der Waals surface area contributed by atoms with Crippen LogP contribution in [0.1, 0.15) is 101 Å². The Kier molecular flexibility index (Phi) is 21.7. The Morgan fingerprint density at radius 3 is 1.72 bits per heavy atom. The fraction of sp³-hybridized carbons (Fsp3) is 0.653. The molecule has 0 radical (unpaired) electrons. The van der Waals surface area contributed by atoms with E-state index in [0.717, 1.165) is 31.2 Å². The number of aromatic hydroxyl groups is 1. The number of anilines is 3. The number of nitrogens with zero attached hydrogens (tertiary/aromatic N) is 13. The van der Waals surface area contributed by atoms with Crippen LogP contribution >= 0.6 is 0 Å². The lowest BCUT2D eigenvalue weighted by Gasteiger charge is -2.38. The molecular weight excluding hydrogens is 923 g/mol. The Bertz CT molecular complexity index is 2290. The first-order chi connectivity index (χ1) is 34.8. The van der Waals surface area contributed by atoms with Gasteiger partial charge < -0.3 is 61.4 Å². The SMILES string of the molecule is C#CCOCCOCCOCCNc1nc(N2CCN(C(=O)[C@H](CCCCN)n3cc([C@@H](N)CC(C)C)nn3)CC2)nc(N2CCN(C(=O)[C@H](Cc3ccc(O)cc3)n3cc([C@@H](N)CC(C)C)nn3)CC2)n1. The minimum absolute atomic E-state index is 0.0291. The van der Waals surface area contributed by atoms with Crippen LogP contribution in [-0.4, -0.2) is 177 Å². The Hall–Kier alpha value is -6.03. The third-order valence-corrected chi connectivity index (χ3v) is 12.6. The number of hydrogen-bond donors (Lipinski definition) is 5. The van der Waals surface area contributed by atoms with Gasteiger partial charge in [-0.2, -0.15) is 15.0 Å². The number of amides is 2. The highest BCUT2D eigenvalue weighted by molar-refractivity contribution is 5.81. The molecule has 6 rings (SSSR count). The average Bonchev–Trinajstić information content (AvgIpc) is 4.08. The lowest BCUT2D eigenvalue weighted by molar-refractivity contribution is -0.136. The molecule has 2 amide bonds. The maximum absolute atomic E-state index is 14.5. The van der Waals surface area contributed by atoms with Crippen molar-refractivity contribution in [2.45, 2.75) is 90.4 Å². The van der Waals surface area contributed by atoms with Crippen molar-refractivity contribution >= 4 is 29.7 Å². The van der Waals surface area contributed by atoms with Crippen LogP contribution in [0.25, 0.3) is 0 Å². The van der Waals surface area contributed by atoms with Crippen molar-refractivity contribution in [3.63, 3.8) is 0 Å². The van der Waals surface area contributed by atoms with E-state index in [1.54, 1.807) is 39.8 Å². The number of unbranched alkanes of at least 4 members (excludes halogenated alkanes) is 1. The zero-order valence-corrected chi connectivity index (χ0v) is 42.6. The number of piperazine rings is 2. The predicted octanol–water partition coefficient (Wildman–Crippen LogP) is 2.10. The molecule has 2 aliphatic rings. The number of benzene rings is 1. The Labute approximate surface area is 423 Å². The van der Waals surface area contributed by atoms with Crippen molar-refractivity contribution in [3.8, 4) is 18.1 Å². The first kappa shape index (κ1) is 55.3. The van der Waals surface area contributed by atoms with E-state index < -0.39 is 12.1 Å². The molecule has 394 valence electrons. The summed E-state index contributed by atoms with van der Waals surface area (Å²) in [4.78, 5) is 51.3. The van der Waals surface area contributed by atoms with E-state index in [1.807, 2.05) is 16.0 Å². The largest absolute Gasteiger partial charge is 0.508 e. The minimum Gasteiger partial charge on any atom is -0.508 e. The molecule has 0 aliphatic carbocycles. The summed E-state index contributed by atoms with van der Waals surface area (Å²) < 4.78 is 19.9. The van der Waals surface area contributed by atoms with Crippen LogP contribution in [0.5, 0.6) is 5.75 Å². The molecule has 2 fully saturated rings. The van der Waals surface area contributed by atoms with E-state index in [1.165, 1.54) is 0 Å². The molecule has 0 bridgehead atoms. The molecular formula is C49H77N17O6. The number of phenols is 1. The summed E-state index contributed by atoms with van der Waals surface area (Å²) in [6.07, 6.45) is 12.8. The van der Waals surface area contributed by atoms with Gasteiger partial charge in [0.25, 0.3) is 0 Å². The van der Waals surface area contributed by atoms with Gasteiger partial charge in [0.05, 0.1) is 68.9 Å². The van der Waals surface area contributed by atoms with Crippen molar-refractivity contribution in [1.29, 1.82) is 0 Å². The number of nitrogens with one attached hydrogen (secondary N) is 1. The first-order valence-corrected chi connectivity index (χ1v) is 25.4. The molecule has 2 aliphatic heterocycles. The highest BCUT2D eigenvalue weighted by atomic mass is 16.5. The number of aromatic nitrogens is 9. The molecule has 5 heterocycles. The van der Waals surface area contributed by atoms with E-state index in [9.17, 15) is 14.7 Å². The molecule has 72 heavy (non-hydrogen) atoms. The van der Waals surface area contributed by atoms with Gasteiger partial charge in [-0.1, -0.05) is 56.2 Å². The van der Waals surface area contributed by atoms with E-state index in [0.29, 0.717) is 152 Å². The predicted molar refractivity (Wildman–Crippen MR) is 273 cm³/mol. The molecule has 0 spiro atoms. The fourth-order valence-electron chi connectivity index (χ4n) is 8.68. The second-order valence-corrected chi connectivity index (χ2v) is 19.2. The van der Waals surface area contributed by atoms with Crippen LogP contribution in [0.2, 0.25) is 0 Å². The summed E-state index contributed by atoms with van der Waals surface area (Å²) in [6, 6.07) is 5.03. The first-order valence-electron chi connectivity index (χ1n) is 25.4. The number of rotatable bonds is 29. The summed E-state index contributed by atoms with van der Waals surface area (Å²) in [5.74, 6) is 4.50. The molecule has 3 aromatic heterocycles. The van der Waals surface area contributed by atoms with Crippen LogP contribution in [0.15, 0.2) is 36.7 Å². The minimum atomic E-state index is -0.691. The van der Waals surface area contributed by atoms with Crippen molar-refractivity contribution in [2.75, 3.05) is 120 Å². The molecule has 1 aromatic carbocycles. The van der Waals surface area contributed by atoms with E-state index in [2.05, 4.69) is 69.4 Å². The number of phenolic OH excluding ortho intramolecular Hbond substituents is 1. The summed E-state index contributed by atoms with van der Waals surface area (Å²) in [7, 11) is 0. The van der Waals surface area contributed by atoms with Gasteiger partial charge in [-0.3, -0.25) is 9.59 Å². The third kappa shape index (κ3) is 16.5. The van der Waals surface area contributed by atoms with E-state index >= 15 is 0 Å². The maximum Gasteiger partial charge on any atom is 0.247 e. The van der Waals surface area contributed by atoms with Crippen LogP contribution in [-0.2, 0) is 30.2 Å². The molecule has 23 nitrogen and oxygen atoms in total. The van der Waals surface area contributed by atoms with Gasteiger partial charge in [-0.25, -0.2) is 9.36 Å². The molecule has 23 heteroatoms. The van der Waals surface area contributed by atoms with Crippen LogP contribution < -0.4 is 32.3 Å². The van der Waals surface area contributed by atoms with Crippen molar-refractivity contribution in [3.05, 3.63) is 53.6 Å². The van der Waals surface area contributed by atoms with Gasteiger partial charge in [0.15, 0.2) is 0 Å². The van der Waals surface area contributed by atoms with Crippen molar-refractivity contribution in [2.24, 2.45) is 29.0 Å². The van der Waals surface area contributed by atoms with Crippen molar-refractivity contribution < 1.29 is 28.9 Å². The van der Waals surface area contributed by atoms with Crippen LogP contribution in [0, 0.1) is 24.2 Å². The second kappa shape index (κ2) is 28.3. The summed E-state index contributed by atoms with van der Waals surface area (Å²) in [5.41, 5.74) is 20.9. The normalized spacial score (nSPS) is 16.0. The fourth-order valence-corrected chi connectivity index (χ4v) is 8.68. The third-order valence-electron chi connectivity index (χ3n) is 12.6. The van der Waals surface area contributed by atoms with Gasteiger partial charge >= 0.3 is 0 Å². The lowest BCUT2D eigenvalue weighted by atomic mass is 10.0. The monoisotopic (exact) mass is 1000 g/mol. The topological polar surface area (TPSA) is 285 Å². The van der Waals surface area contributed by atoms with Gasteiger partial charge in [0.2, 0.25) is 29.7 Å². The average molecular weight is 1000 g/mol. The molecule has 4 aromatic rings. The Morgan fingerprint density at radius 2 is 1.21 bits per heavy atom. The van der Waals surface area contributed by atoms with E-state index in [4.69, 9.17) is 52.8 Å². The van der Waals surface area contributed by atoms with Crippen molar-refractivity contribution in [1.82, 2.24) is 54.7 Å². The van der Waals surface area contributed by atoms with Gasteiger partial charge in [0, 0.05) is 65.3 Å². The maximum atomic E-state index is 14.5. The number of carbonyl (C=O) groups is 2. The Balaban J connectivity index is 1.14. The number of carbonyl (C=O) groups excluding carboxylic acids is 2. The van der Waals surface area contributed by atoms with E-state index in [-0.39, 0.29) is 36.3 Å². The van der Waals surface area contributed by atoms with Gasteiger partial charge in [0.1, 0.15) is 24.4 Å². The number of ether oxygens (including phenoxy) is 3. The number of nitrogens with two attached hydrogens (primary N) is 3. The molecule has 0 saturated carbocycles.